The minimum atomic E-state index is -0.305. The number of para-hydroxylation sites is 1. The van der Waals surface area contributed by atoms with Gasteiger partial charge in [0.05, 0.1) is 31.1 Å². The Morgan fingerprint density at radius 2 is 1.94 bits per heavy atom. The lowest BCUT2D eigenvalue weighted by molar-refractivity contribution is 0.299. The highest BCUT2D eigenvalue weighted by Crippen LogP contribution is 2.36. The first-order valence-corrected chi connectivity index (χ1v) is 12.0. The molecule has 168 valence electrons. The van der Waals surface area contributed by atoms with E-state index in [1.54, 1.807) is 24.4 Å². The van der Waals surface area contributed by atoms with Crippen LogP contribution in [0.3, 0.4) is 0 Å². The zero-order chi connectivity index (χ0) is 23.3. The number of benzene rings is 2. The molecule has 2 heterocycles. The first kappa shape index (κ1) is 22.3. The Kier molecular flexibility index (Phi) is 5.91. The van der Waals surface area contributed by atoms with Crippen LogP contribution < -0.4 is 10.9 Å². The maximum absolute atomic E-state index is 13.2. The fraction of sp³-hybridized carbons (Fsp3) is 0.208. The van der Waals surface area contributed by atoms with E-state index in [0.29, 0.717) is 43.1 Å². The number of aromatic nitrogens is 3. The zero-order valence-corrected chi connectivity index (χ0v) is 21.0. The van der Waals surface area contributed by atoms with E-state index < -0.39 is 0 Å². The van der Waals surface area contributed by atoms with Crippen molar-refractivity contribution in [2.75, 3.05) is 19.4 Å². The minimum Gasteiger partial charge on any atom is -0.324 e. The molecule has 2 aromatic heterocycles. The molecule has 0 spiro atoms. The summed E-state index contributed by atoms with van der Waals surface area (Å²) in [4.78, 5) is 24.4. The van der Waals surface area contributed by atoms with Crippen LogP contribution in [-0.4, -0.2) is 33.5 Å². The molecule has 0 amide bonds. The maximum atomic E-state index is 13.2. The summed E-state index contributed by atoms with van der Waals surface area (Å²) in [5.74, 6) is 0.412. The van der Waals surface area contributed by atoms with Crippen molar-refractivity contribution in [2.24, 2.45) is 0 Å². The highest BCUT2D eigenvalue weighted by molar-refractivity contribution is 9.10. The van der Waals surface area contributed by atoms with Crippen molar-refractivity contribution < 1.29 is 0 Å². The van der Waals surface area contributed by atoms with Crippen LogP contribution in [0.4, 0.5) is 11.6 Å². The predicted molar refractivity (Wildman–Crippen MR) is 137 cm³/mol. The van der Waals surface area contributed by atoms with Crippen LogP contribution >= 0.6 is 39.1 Å². The van der Waals surface area contributed by atoms with Gasteiger partial charge in [-0.2, -0.15) is 0 Å². The predicted octanol–water partition coefficient (Wildman–Crippen LogP) is 6.14. The van der Waals surface area contributed by atoms with E-state index in [1.807, 2.05) is 6.07 Å². The molecule has 2 aromatic carbocycles. The van der Waals surface area contributed by atoms with E-state index in [1.165, 1.54) is 21.9 Å². The molecule has 33 heavy (non-hydrogen) atoms. The second kappa shape index (κ2) is 8.72. The number of halogens is 3. The van der Waals surface area contributed by atoms with Crippen molar-refractivity contribution >= 4 is 61.7 Å². The summed E-state index contributed by atoms with van der Waals surface area (Å²) in [6, 6.07) is 11.9. The number of pyridine rings is 1. The molecule has 9 heteroatoms. The third kappa shape index (κ3) is 4.04. The standard InChI is InChI=1S/C24H20BrCl2N5O/c1-31(2)20-9-7-13-6-8-14(10-15(13)20)29-24-28-11-16-21(30-24)17(25)12-32(23(16)33)22-18(26)4-3-5-19(22)27/h3-6,8,10-12,20H,7,9H2,1-2H3,(H,28,29,30). The van der Waals surface area contributed by atoms with Crippen molar-refractivity contribution in [3.63, 3.8) is 0 Å². The first-order chi connectivity index (χ1) is 15.8. The fourth-order valence-corrected chi connectivity index (χ4v) is 5.44. The first-order valence-electron chi connectivity index (χ1n) is 10.4. The number of nitrogens with zero attached hydrogens (tertiary/aromatic N) is 4. The summed E-state index contributed by atoms with van der Waals surface area (Å²) >= 11 is 16.2. The van der Waals surface area contributed by atoms with Crippen LogP contribution in [0.25, 0.3) is 16.6 Å². The molecule has 1 atom stereocenters. The van der Waals surface area contributed by atoms with Crippen molar-refractivity contribution in [1.29, 1.82) is 0 Å². The van der Waals surface area contributed by atoms with Gasteiger partial charge >= 0.3 is 0 Å². The van der Waals surface area contributed by atoms with E-state index in [0.717, 1.165) is 18.5 Å². The van der Waals surface area contributed by atoms with Crippen molar-refractivity contribution in [1.82, 2.24) is 19.4 Å². The van der Waals surface area contributed by atoms with Gasteiger partial charge in [-0.05, 0) is 78.3 Å². The van der Waals surface area contributed by atoms with Crippen LogP contribution in [0.1, 0.15) is 23.6 Å². The Bertz CT molecular complexity index is 1430. The quantitative estimate of drug-likeness (QED) is 0.334. The van der Waals surface area contributed by atoms with Gasteiger partial charge in [0.25, 0.3) is 5.56 Å². The number of fused-ring (bicyclic) bond motifs is 2. The summed E-state index contributed by atoms with van der Waals surface area (Å²) in [5.41, 5.74) is 4.23. The summed E-state index contributed by atoms with van der Waals surface area (Å²) in [7, 11) is 4.21. The normalized spacial score (nSPS) is 15.3. The van der Waals surface area contributed by atoms with Gasteiger partial charge in [-0.15, -0.1) is 0 Å². The number of aryl methyl sites for hydroxylation is 1. The molecular weight excluding hydrogens is 525 g/mol. The molecule has 4 aromatic rings. The number of hydrogen-bond donors (Lipinski definition) is 1. The Labute approximate surface area is 209 Å². The van der Waals surface area contributed by atoms with E-state index >= 15 is 0 Å². The highest BCUT2D eigenvalue weighted by atomic mass is 79.9. The maximum Gasteiger partial charge on any atom is 0.266 e. The van der Waals surface area contributed by atoms with E-state index in [9.17, 15) is 4.79 Å². The van der Waals surface area contributed by atoms with Gasteiger partial charge < -0.3 is 10.2 Å². The highest BCUT2D eigenvalue weighted by Gasteiger charge is 2.24. The average Bonchev–Trinajstić information content (AvgIpc) is 3.20. The Morgan fingerprint density at radius 1 is 1.18 bits per heavy atom. The molecule has 0 bridgehead atoms. The molecule has 0 saturated heterocycles. The van der Waals surface area contributed by atoms with Gasteiger partial charge in [0.15, 0.2) is 0 Å². The van der Waals surface area contributed by atoms with Crippen LogP contribution in [-0.2, 0) is 6.42 Å². The number of hydrogen-bond acceptors (Lipinski definition) is 5. The molecule has 0 fully saturated rings. The monoisotopic (exact) mass is 543 g/mol. The molecule has 1 N–H and O–H groups in total. The van der Waals surface area contributed by atoms with Crippen LogP contribution in [0, 0.1) is 0 Å². The lowest BCUT2D eigenvalue weighted by Gasteiger charge is -2.20. The van der Waals surface area contributed by atoms with Crippen molar-refractivity contribution in [3.8, 4) is 5.69 Å². The van der Waals surface area contributed by atoms with Gasteiger partial charge in [0.1, 0.15) is 0 Å². The number of anilines is 2. The Hall–Kier alpha value is -2.45. The molecule has 1 aliphatic rings. The largest absolute Gasteiger partial charge is 0.324 e. The molecule has 0 saturated carbocycles. The van der Waals surface area contributed by atoms with Gasteiger partial charge in [-0.1, -0.05) is 35.3 Å². The summed E-state index contributed by atoms with van der Waals surface area (Å²) < 4.78 is 2.04. The van der Waals surface area contributed by atoms with Gasteiger partial charge in [-0.25, -0.2) is 9.97 Å². The Morgan fingerprint density at radius 3 is 2.67 bits per heavy atom. The van der Waals surface area contributed by atoms with Crippen LogP contribution in [0.15, 0.2) is 58.1 Å². The summed E-state index contributed by atoms with van der Waals surface area (Å²) in [6.07, 6.45) is 5.35. The SMILES string of the molecule is CN(C)C1CCc2ccc(Nc3ncc4c(=O)n(-c5c(Cl)cccc5Cl)cc(Br)c4n3)cc21. The molecule has 0 aliphatic heterocycles. The molecule has 1 aliphatic carbocycles. The zero-order valence-electron chi connectivity index (χ0n) is 17.9. The van der Waals surface area contributed by atoms with Gasteiger partial charge in [-0.3, -0.25) is 9.36 Å². The van der Waals surface area contributed by atoms with Gasteiger partial charge in [0, 0.05) is 24.1 Å². The number of rotatable bonds is 4. The fourth-order valence-electron chi connectivity index (χ4n) is 4.35. The number of nitrogens with one attached hydrogen (secondary N) is 1. The van der Waals surface area contributed by atoms with E-state index in [4.69, 9.17) is 23.2 Å². The lowest BCUT2D eigenvalue weighted by atomic mass is 10.1. The third-order valence-corrected chi connectivity index (χ3v) is 7.15. The van der Waals surface area contributed by atoms with Crippen molar-refractivity contribution in [2.45, 2.75) is 18.9 Å². The lowest BCUT2D eigenvalue weighted by Crippen LogP contribution is -2.19. The second-order valence-corrected chi connectivity index (χ2v) is 9.90. The third-order valence-electron chi connectivity index (χ3n) is 5.96. The Balaban J connectivity index is 1.54. The van der Waals surface area contributed by atoms with Gasteiger partial charge in [0.2, 0.25) is 5.95 Å². The average molecular weight is 545 g/mol. The van der Waals surface area contributed by atoms with Crippen LogP contribution in [0.5, 0.6) is 0 Å². The topological polar surface area (TPSA) is 63.1 Å². The second-order valence-electron chi connectivity index (χ2n) is 8.24. The van der Waals surface area contributed by atoms with Crippen LogP contribution in [0.2, 0.25) is 10.0 Å². The summed E-state index contributed by atoms with van der Waals surface area (Å²) in [5, 5.41) is 4.39. The van der Waals surface area contributed by atoms with E-state index in [2.05, 4.69) is 62.3 Å². The molecule has 6 nitrogen and oxygen atoms in total. The smallest absolute Gasteiger partial charge is 0.266 e. The summed E-state index contributed by atoms with van der Waals surface area (Å²) in [6.45, 7) is 0. The molecular formula is C24H20BrCl2N5O. The molecule has 5 rings (SSSR count). The van der Waals surface area contributed by atoms with E-state index in [-0.39, 0.29) is 5.56 Å². The molecule has 0 radical (unpaired) electrons. The molecule has 1 unspecified atom stereocenters. The van der Waals surface area contributed by atoms with Crippen molar-refractivity contribution in [3.05, 3.63) is 84.8 Å². The minimum absolute atomic E-state index is 0.305.